The zero-order chi connectivity index (χ0) is 42.1. The van der Waals surface area contributed by atoms with E-state index >= 15 is 0 Å². The number of nitrogens with zero attached hydrogens (tertiary/aromatic N) is 4. The Morgan fingerprint density at radius 3 is 1.12 bits per heavy atom. The zero-order valence-corrected chi connectivity index (χ0v) is 21.3. The van der Waals surface area contributed by atoms with Gasteiger partial charge in [-0.1, -0.05) is 72.5 Å². The third-order valence-corrected chi connectivity index (χ3v) is 7.01. The van der Waals surface area contributed by atoms with Gasteiger partial charge in [-0.2, -0.15) is 10.5 Å². The number of aromatic nitrogens is 2. The maximum Gasteiger partial charge on any atom is 0.0992 e. The van der Waals surface area contributed by atoms with E-state index < -0.39 is 96.7 Å². The Morgan fingerprint density at radius 2 is 0.762 bits per heavy atom. The van der Waals surface area contributed by atoms with E-state index in [0.29, 0.717) is 0 Å². The Morgan fingerprint density at radius 1 is 0.429 bits per heavy atom. The van der Waals surface area contributed by atoms with Gasteiger partial charge in [-0.3, -0.25) is 0 Å². The molecule has 194 valence electrons. The molecule has 8 rings (SSSR count). The van der Waals surface area contributed by atoms with Crippen LogP contribution in [0.5, 0.6) is 0 Å². The van der Waals surface area contributed by atoms with Gasteiger partial charge in [0.25, 0.3) is 0 Å². The van der Waals surface area contributed by atoms with Crippen LogP contribution in [0.3, 0.4) is 0 Å². The molecule has 0 aliphatic heterocycles. The van der Waals surface area contributed by atoms with Crippen molar-refractivity contribution in [3.8, 4) is 34.6 Å². The van der Waals surface area contributed by atoms with Gasteiger partial charge in [0, 0.05) is 32.9 Å². The molecule has 0 spiro atoms. The average molecular weight is 551 g/mol. The highest BCUT2D eigenvalue weighted by atomic mass is 15.0. The predicted octanol–water partition coefficient (Wildman–Crippen LogP) is 9.29. The molecule has 42 heavy (non-hydrogen) atoms. The predicted molar refractivity (Wildman–Crippen MR) is 170 cm³/mol. The molecule has 0 saturated carbocycles. The molecule has 0 amide bonds. The minimum absolute atomic E-state index is 0.0277. The van der Waals surface area contributed by atoms with Crippen LogP contribution in [0, 0.1) is 22.7 Å². The lowest BCUT2D eigenvalue weighted by Gasteiger charge is -2.16. The highest BCUT2D eigenvalue weighted by Crippen LogP contribution is 2.37. The summed E-state index contributed by atoms with van der Waals surface area (Å²) in [7, 11) is 0. The van der Waals surface area contributed by atoms with E-state index in [-0.39, 0.29) is 77.2 Å². The van der Waals surface area contributed by atoms with Gasteiger partial charge >= 0.3 is 0 Å². The van der Waals surface area contributed by atoms with Gasteiger partial charge in [0.05, 0.1) is 67.3 Å². The first-order valence-corrected chi connectivity index (χ1v) is 12.5. The molecule has 0 unspecified atom stereocenters. The molecule has 4 heteroatoms. The second kappa shape index (κ2) is 9.24. The highest BCUT2D eigenvalue weighted by molar-refractivity contribution is 6.10. The highest BCUT2D eigenvalue weighted by Gasteiger charge is 2.17. The Hall–Kier alpha value is -6.10. The molecule has 0 N–H and O–H groups in total. The Balaban J connectivity index is 1.68. The van der Waals surface area contributed by atoms with Crippen molar-refractivity contribution in [2.75, 3.05) is 0 Å². The fraction of sp³-hybridized carbons (Fsp3) is 0. The van der Waals surface area contributed by atoms with Gasteiger partial charge in [0.1, 0.15) is 0 Å². The third kappa shape index (κ3) is 3.53. The van der Waals surface area contributed by atoms with Crippen LogP contribution in [0.15, 0.2) is 133 Å². The maximum atomic E-state index is 9.88. The summed E-state index contributed by atoms with van der Waals surface area (Å²) in [6.07, 6.45) is 0. The van der Waals surface area contributed by atoms with E-state index in [1.54, 1.807) is 0 Å². The molecule has 0 aliphatic carbocycles. The Kier molecular flexibility index (Phi) is 2.77. The molecule has 0 radical (unpaired) electrons. The monoisotopic (exact) mass is 550 g/mol. The molecule has 2 heterocycles. The number of benzene rings is 6. The summed E-state index contributed by atoms with van der Waals surface area (Å²) >= 11 is 0. The first kappa shape index (κ1) is 12.6. The smallest absolute Gasteiger partial charge is 0.0992 e. The minimum atomic E-state index is -0.678. The molecule has 0 saturated heterocycles. The Labute approximate surface area is 264 Å². The van der Waals surface area contributed by atoms with Crippen LogP contribution >= 0.6 is 0 Å². The largest absolute Gasteiger partial charge is 0.309 e. The standard InChI is InChI=1S/C38H22N4/c39-23-25-17-26(24-40)19-27(18-25)28-20-29(41-35-13-5-1-9-31(35)32-10-2-6-14-36(32)41)22-30(21-28)42-37-15-7-3-11-33(37)34-12-4-8-16-38(34)42/h1-22H/i1D,2D,3D,4D,5D,6D,7D,8D,9D,10D,11D,12D,13D,14D,15D,16D. The van der Waals surface area contributed by atoms with Crippen LogP contribution in [-0.2, 0) is 0 Å². The molecule has 0 atom stereocenters. The molecular formula is C38H22N4. The van der Waals surface area contributed by atoms with Crippen molar-refractivity contribution >= 4 is 43.6 Å². The van der Waals surface area contributed by atoms with Gasteiger partial charge in [-0.05, 0) is 71.7 Å². The molecule has 0 aliphatic rings. The second-order valence-corrected chi connectivity index (χ2v) is 9.33. The fourth-order valence-corrected chi connectivity index (χ4v) is 5.30. The zero-order valence-electron chi connectivity index (χ0n) is 37.3. The minimum Gasteiger partial charge on any atom is -0.309 e. The summed E-state index contributed by atoms with van der Waals surface area (Å²) in [5.74, 6) is 0. The van der Waals surface area contributed by atoms with E-state index in [1.807, 2.05) is 12.1 Å². The van der Waals surface area contributed by atoms with Crippen LogP contribution in [0.1, 0.15) is 33.1 Å². The number of rotatable bonds is 3. The molecular weight excluding hydrogens is 512 g/mol. The van der Waals surface area contributed by atoms with Gasteiger partial charge in [-0.15, -0.1) is 0 Å². The van der Waals surface area contributed by atoms with E-state index in [1.165, 1.54) is 45.5 Å². The Bertz CT molecular complexity index is 2970. The number of fused-ring (bicyclic) bond motifs is 6. The summed E-state index contributed by atoms with van der Waals surface area (Å²) in [5, 5.41) is 18.9. The summed E-state index contributed by atoms with van der Waals surface area (Å²) in [6, 6.07) is 2.42. The normalized spacial score (nSPS) is 16.6. The van der Waals surface area contributed by atoms with E-state index in [9.17, 15) is 10.5 Å². The first-order valence-electron chi connectivity index (χ1n) is 20.5. The van der Waals surface area contributed by atoms with Gasteiger partial charge in [0.15, 0.2) is 0 Å². The summed E-state index contributed by atoms with van der Waals surface area (Å²) < 4.78 is 142. The molecule has 0 fully saturated rings. The van der Waals surface area contributed by atoms with Gasteiger partial charge < -0.3 is 9.13 Å². The molecule has 2 aromatic heterocycles. The van der Waals surface area contributed by atoms with Crippen molar-refractivity contribution < 1.29 is 21.9 Å². The van der Waals surface area contributed by atoms with Crippen molar-refractivity contribution in [3.05, 3.63) is 144 Å². The summed E-state index contributed by atoms with van der Waals surface area (Å²) in [6.45, 7) is 0. The lowest BCUT2D eigenvalue weighted by Crippen LogP contribution is -2.00. The van der Waals surface area contributed by atoms with Crippen LogP contribution < -0.4 is 0 Å². The second-order valence-electron chi connectivity index (χ2n) is 9.33. The molecule has 6 aromatic carbocycles. The number of hydrogen-bond acceptors (Lipinski definition) is 2. The van der Waals surface area contributed by atoms with Crippen LogP contribution in [0.2, 0.25) is 0 Å². The van der Waals surface area contributed by atoms with E-state index in [4.69, 9.17) is 21.9 Å². The van der Waals surface area contributed by atoms with Crippen molar-refractivity contribution in [2.45, 2.75) is 0 Å². The number of para-hydroxylation sites is 4. The fourth-order valence-electron chi connectivity index (χ4n) is 5.30. The first-order chi connectivity index (χ1) is 27.4. The number of hydrogen-bond donors (Lipinski definition) is 0. The summed E-state index contributed by atoms with van der Waals surface area (Å²) in [5.41, 5.74) is -0.461. The average Bonchev–Trinajstić information content (AvgIpc) is 3.78. The summed E-state index contributed by atoms with van der Waals surface area (Å²) in [4.78, 5) is 0. The van der Waals surface area contributed by atoms with E-state index in [0.717, 1.165) is 0 Å². The number of nitriles is 2. The van der Waals surface area contributed by atoms with Gasteiger partial charge in [-0.25, -0.2) is 0 Å². The SMILES string of the molecule is [2H]c1c([2H])c([2H])c2c(c1[2H])c1c([2H])c([2H])c([2H])c([2H])c1n2-c1cc(-c2cc(C#N)cc(C#N)c2)cc(-n2c3c([2H])c([2H])c([2H])c([2H])c3c3c([2H])c([2H])c([2H])c([2H])c32)c1. The van der Waals surface area contributed by atoms with Crippen molar-refractivity contribution in [1.82, 2.24) is 9.13 Å². The lowest BCUT2D eigenvalue weighted by molar-refractivity contribution is 1.13. The maximum absolute atomic E-state index is 9.88. The van der Waals surface area contributed by atoms with E-state index in [2.05, 4.69) is 0 Å². The lowest BCUT2D eigenvalue weighted by atomic mass is 9.99. The molecule has 0 bridgehead atoms. The van der Waals surface area contributed by atoms with Crippen molar-refractivity contribution in [3.63, 3.8) is 0 Å². The van der Waals surface area contributed by atoms with Crippen molar-refractivity contribution in [1.29, 1.82) is 10.5 Å². The van der Waals surface area contributed by atoms with Crippen LogP contribution in [0.25, 0.3) is 66.1 Å². The molecule has 8 aromatic rings. The topological polar surface area (TPSA) is 57.4 Å². The van der Waals surface area contributed by atoms with Crippen LogP contribution in [0.4, 0.5) is 0 Å². The van der Waals surface area contributed by atoms with Gasteiger partial charge in [0.2, 0.25) is 0 Å². The molecule has 4 nitrogen and oxygen atoms in total. The van der Waals surface area contributed by atoms with Crippen LogP contribution in [-0.4, -0.2) is 9.13 Å². The quantitative estimate of drug-likeness (QED) is 0.220. The van der Waals surface area contributed by atoms with Crippen molar-refractivity contribution in [2.24, 2.45) is 0 Å². The third-order valence-electron chi connectivity index (χ3n) is 7.01.